The van der Waals surface area contributed by atoms with Crippen LogP contribution in [0.2, 0.25) is 0 Å². The first kappa shape index (κ1) is 26.2. The lowest BCUT2D eigenvalue weighted by molar-refractivity contribution is -0.140. The quantitative estimate of drug-likeness (QED) is 0.110. The Morgan fingerprint density at radius 1 is 0.806 bits per heavy atom. The molecule has 2 aromatic carbocycles. The molecule has 0 atom stereocenters. The van der Waals surface area contributed by atoms with Gasteiger partial charge >= 0.3 is 5.97 Å². The average molecular weight is 489 g/mol. The van der Waals surface area contributed by atoms with Crippen molar-refractivity contribution in [2.24, 2.45) is 33.9 Å². The zero-order valence-corrected chi connectivity index (χ0v) is 21.6. The van der Waals surface area contributed by atoms with Gasteiger partial charge in [0.25, 0.3) is 0 Å². The summed E-state index contributed by atoms with van der Waals surface area (Å²) < 4.78 is 5.69. The summed E-state index contributed by atoms with van der Waals surface area (Å²) in [6, 6.07) is 14.0. The Balaban J connectivity index is 1.18. The minimum atomic E-state index is -0.0993. The molecule has 2 saturated carbocycles. The highest BCUT2D eigenvalue weighted by atomic mass is 16.5. The molecule has 2 aromatic rings. The predicted molar refractivity (Wildman–Crippen MR) is 143 cm³/mol. The fourth-order valence-electron chi connectivity index (χ4n) is 5.97. The van der Waals surface area contributed by atoms with Gasteiger partial charge in [-0.05, 0) is 105 Å². The van der Waals surface area contributed by atoms with E-state index in [2.05, 4.69) is 17.2 Å². The van der Waals surface area contributed by atoms with Gasteiger partial charge in [0.15, 0.2) is 0 Å². The van der Waals surface area contributed by atoms with Gasteiger partial charge in [0.1, 0.15) is 12.0 Å². The van der Waals surface area contributed by atoms with E-state index in [1.165, 1.54) is 51.4 Å². The summed E-state index contributed by atoms with van der Waals surface area (Å²) in [7, 11) is 0. The second-order valence-electron chi connectivity index (χ2n) is 10.7. The second-order valence-corrected chi connectivity index (χ2v) is 10.7. The minimum Gasteiger partial charge on any atom is -0.426 e. The fraction of sp³-hybridized carbons (Fsp3) is 0.548. The first-order chi connectivity index (χ1) is 17.6. The van der Waals surface area contributed by atoms with E-state index in [-0.39, 0.29) is 11.9 Å². The van der Waals surface area contributed by atoms with E-state index in [0.29, 0.717) is 22.7 Å². The highest BCUT2D eigenvalue weighted by molar-refractivity contribution is 5.75. The molecule has 0 amide bonds. The number of azo groups is 1. The SMILES string of the molecule is CCCCCC1CCC(C2CCC(C(=O)Oc3ccc(N=Nc4ccc(C=O)cc4)cc3)CC2)CC1. The molecule has 36 heavy (non-hydrogen) atoms. The van der Waals surface area contributed by atoms with E-state index in [1.807, 2.05) is 0 Å². The molecule has 2 aliphatic carbocycles. The average Bonchev–Trinajstić information content (AvgIpc) is 2.93. The van der Waals surface area contributed by atoms with Crippen molar-refractivity contribution in [1.29, 1.82) is 0 Å². The fourth-order valence-corrected chi connectivity index (χ4v) is 5.97. The van der Waals surface area contributed by atoms with E-state index >= 15 is 0 Å². The van der Waals surface area contributed by atoms with Crippen molar-refractivity contribution in [1.82, 2.24) is 0 Å². The number of carbonyl (C=O) groups excluding carboxylic acids is 2. The van der Waals surface area contributed by atoms with Crippen LogP contribution in [0.4, 0.5) is 11.4 Å². The van der Waals surface area contributed by atoms with Crippen molar-refractivity contribution in [3.05, 3.63) is 54.1 Å². The predicted octanol–water partition coefficient (Wildman–Crippen LogP) is 9.01. The second kappa shape index (κ2) is 13.5. The van der Waals surface area contributed by atoms with E-state index in [4.69, 9.17) is 4.74 Å². The van der Waals surface area contributed by atoms with Gasteiger partial charge in [0, 0.05) is 5.56 Å². The number of carbonyl (C=O) groups is 2. The van der Waals surface area contributed by atoms with Gasteiger partial charge in [-0.1, -0.05) is 45.4 Å². The van der Waals surface area contributed by atoms with Crippen LogP contribution in [0, 0.1) is 23.7 Å². The summed E-state index contributed by atoms with van der Waals surface area (Å²) in [5.74, 6) is 3.09. The number of ether oxygens (including phenoxy) is 1. The Morgan fingerprint density at radius 2 is 1.36 bits per heavy atom. The van der Waals surface area contributed by atoms with Crippen molar-refractivity contribution in [3.8, 4) is 5.75 Å². The zero-order valence-electron chi connectivity index (χ0n) is 21.6. The first-order valence-electron chi connectivity index (χ1n) is 13.9. The Hall–Kier alpha value is -2.82. The van der Waals surface area contributed by atoms with Gasteiger partial charge in [-0.2, -0.15) is 10.2 Å². The van der Waals surface area contributed by atoms with Crippen LogP contribution in [0.5, 0.6) is 5.75 Å². The van der Waals surface area contributed by atoms with Gasteiger partial charge < -0.3 is 4.74 Å². The van der Waals surface area contributed by atoms with Gasteiger partial charge in [-0.3, -0.25) is 9.59 Å². The number of hydrogen-bond acceptors (Lipinski definition) is 5. The molecule has 0 N–H and O–H groups in total. The largest absolute Gasteiger partial charge is 0.426 e. The van der Waals surface area contributed by atoms with Crippen LogP contribution in [-0.4, -0.2) is 12.3 Å². The van der Waals surface area contributed by atoms with Crippen LogP contribution >= 0.6 is 0 Å². The Morgan fingerprint density at radius 3 is 1.92 bits per heavy atom. The normalized spacial score (nSPS) is 24.5. The Kier molecular flexibility index (Phi) is 9.83. The van der Waals surface area contributed by atoms with Crippen LogP contribution in [0.3, 0.4) is 0 Å². The lowest BCUT2D eigenvalue weighted by Gasteiger charge is -2.37. The number of unbranched alkanes of at least 4 members (excludes halogenated alkanes) is 2. The molecule has 0 saturated heterocycles. The molecule has 4 rings (SSSR count). The Bertz CT molecular complexity index is 983. The van der Waals surface area contributed by atoms with Crippen molar-refractivity contribution in [3.63, 3.8) is 0 Å². The lowest BCUT2D eigenvalue weighted by Crippen LogP contribution is -2.30. The lowest BCUT2D eigenvalue weighted by atomic mass is 9.68. The monoisotopic (exact) mass is 488 g/mol. The summed E-state index contributed by atoms with van der Waals surface area (Å²) in [4.78, 5) is 23.5. The molecule has 0 aromatic heterocycles. The zero-order chi connectivity index (χ0) is 25.2. The molecule has 2 aliphatic rings. The summed E-state index contributed by atoms with van der Waals surface area (Å²) in [5.41, 5.74) is 1.95. The number of esters is 1. The van der Waals surface area contributed by atoms with E-state index in [9.17, 15) is 9.59 Å². The van der Waals surface area contributed by atoms with E-state index in [1.54, 1.807) is 48.5 Å². The molecule has 192 valence electrons. The highest BCUT2D eigenvalue weighted by Gasteiger charge is 2.33. The number of rotatable bonds is 10. The molecule has 0 heterocycles. The summed E-state index contributed by atoms with van der Waals surface area (Å²) >= 11 is 0. The van der Waals surface area contributed by atoms with Crippen LogP contribution in [-0.2, 0) is 4.79 Å². The number of benzene rings is 2. The van der Waals surface area contributed by atoms with Gasteiger partial charge in [-0.25, -0.2) is 0 Å². The van der Waals surface area contributed by atoms with Crippen molar-refractivity contribution in [2.45, 2.75) is 84.0 Å². The number of aldehydes is 1. The molecule has 5 nitrogen and oxygen atoms in total. The topological polar surface area (TPSA) is 68.1 Å². The molecule has 5 heteroatoms. The van der Waals surface area contributed by atoms with Crippen molar-refractivity contribution >= 4 is 23.6 Å². The maximum Gasteiger partial charge on any atom is 0.314 e. The van der Waals surface area contributed by atoms with E-state index < -0.39 is 0 Å². The molecular formula is C31H40N2O3. The molecule has 2 fully saturated rings. The van der Waals surface area contributed by atoms with Gasteiger partial charge in [-0.15, -0.1) is 0 Å². The van der Waals surface area contributed by atoms with Crippen LogP contribution in [0.25, 0.3) is 0 Å². The molecule has 0 radical (unpaired) electrons. The highest BCUT2D eigenvalue weighted by Crippen LogP contribution is 2.42. The maximum absolute atomic E-state index is 12.8. The van der Waals surface area contributed by atoms with Gasteiger partial charge in [0.2, 0.25) is 0 Å². The van der Waals surface area contributed by atoms with Crippen LogP contribution in [0.1, 0.15) is 94.3 Å². The molecule has 0 aliphatic heterocycles. The first-order valence-corrected chi connectivity index (χ1v) is 13.9. The van der Waals surface area contributed by atoms with Crippen LogP contribution in [0.15, 0.2) is 58.8 Å². The number of hydrogen-bond donors (Lipinski definition) is 0. The van der Waals surface area contributed by atoms with E-state index in [0.717, 1.165) is 49.7 Å². The van der Waals surface area contributed by atoms with Crippen LogP contribution < -0.4 is 4.74 Å². The third kappa shape index (κ3) is 7.59. The van der Waals surface area contributed by atoms with Crippen molar-refractivity contribution < 1.29 is 14.3 Å². The smallest absolute Gasteiger partial charge is 0.314 e. The minimum absolute atomic E-state index is 0.0142. The summed E-state index contributed by atoms with van der Waals surface area (Å²) in [6.07, 6.45) is 16.2. The molecule has 0 spiro atoms. The molecular weight excluding hydrogens is 448 g/mol. The summed E-state index contributed by atoms with van der Waals surface area (Å²) in [5, 5.41) is 8.40. The molecule has 0 unspecified atom stereocenters. The standard InChI is InChI=1S/C31H40N2O3/c1-2-3-4-5-23-6-10-25(11-7-23)26-12-14-27(15-13-26)31(35)36-30-20-18-29(19-21-30)33-32-28-16-8-24(22-34)9-17-28/h8-9,16-23,25-27H,2-7,10-15H2,1H3. The Labute approximate surface area is 215 Å². The number of nitrogens with zero attached hydrogens (tertiary/aromatic N) is 2. The summed E-state index contributed by atoms with van der Waals surface area (Å²) in [6.45, 7) is 2.29. The third-order valence-corrected chi connectivity index (χ3v) is 8.24. The maximum atomic E-state index is 12.8. The van der Waals surface area contributed by atoms with Gasteiger partial charge in [0.05, 0.1) is 17.3 Å². The molecule has 0 bridgehead atoms. The third-order valence-electron chi connectivity index (χ3n) is 8.24. The van der Waals surface area contributed by atoms with Crippen molar-refractivity contribution in [2.75, 3.05) is 0 Å².